The lowest BCUT2D eigenvalue weighted by molar-refractivity contribution is -0.00422. The lowest BCUT2D eigenvalue weighted by Crippen LogP contribution is -2.57. The van der Waals surface area contributed by atoms with Crippen LogP contribution in [0.1, 0.15) is 26.0 Å². The van der Waals surface area contributed by atoms with E-state index >= 15 is 0 Å². The van der Waals surface area contributed by atoms with Gasteiger partial charge in [0.15, 0.2) is 5.84 Å². The molecule has 2 aromatic rings. The minimum Gasteiger partial charge on any atom is -0.367 e. The molecule has 2 N–H and O–H groups in total. The molecular formula is C18H21N5O. The molecule has 124 valence electrons. The fraction of sp³-hybridized carbons (Fsp3) is 0.389. The van der Waals surface area contributed by atoms with Crippen molar-refractivity contribution in [2.24, 2.45) is 11.1 Å². The Labute approximate surface area is 141 Å². The van der Waals surface area contributed by atoms with Gasteiger partial charge in [0.05, 0.1) is 11.2 Å². The van der Waals surface area contributed by atoms with Crippen LogP contribution in [-0.4, -0.2) is 34.1 Å². The normalized spacial score (nSPS) is 29.0. The Bertz CT molecular complexity index is 746. The molecule has 0 amide bonds. The lowest BCUT2D eigenvalue weighted by atomic mass is 9.87. The highest BCUT2D eigenvalue weighted by Crippen LogP contribution is 2.31. The minimum absolute atomic E-state index is 0.126. The van der Waals surface area contributed by atoms with Crippen LogP contribution in [0.4, 0.5) is 0 Å². The number of hydrogen-bond donors (Lipinski definition) is 2. The van der Waals surface area contributed by atoms with Gasteiger partial charge in [0, 0.05) is 18.0 Å². The predicted molar refractivity (Wildman–Crippen MR) is 92.2 cm³/mol. The first-order valence-corrected chi connectivity index (χ1v) is 8.30. The standard InChI is InChI=1S/C18H21N5O/c1-12-8-10-21-18(12,2)17-22-16(23-24-17)15-7-6-13(11-20-15)14-5-3-4-9-19-14/h3-7,9,11-12,17,21H,8,10H2,1-2H3,(H,22,23)/t12-,17?,18-/m0/s1. The van der Waals surface area contributed by atoms with Crippen LogP contribution in [0.3, 0.4) is 0 Å². The van der Waals surface area contributed by atoms with E-state index in [1.165, 1.54) is 0 Å². The molecule has 2 aromatic heterocycles. The first-order chi connectivity index (χ1) is 11.7. The Morgan fingerprint density at radius 2 is 2.08 bits per heavy atom. The van der Waals surface area contributed by atoms with Gasteiger partial charge in [-0.15, -0.1) is 0 Å². The van der Waals surface area contributed by atoms with Crippen LogP contribution >= 0.6 is 0 Å². The molecule has 0 aliphatic carbocycles. The molecule has 2 aliphatic rings. The van der Waals surface area contributed by atoms with Gasteiger partial charge in [0.25, 0.3) is 0 Å². The smallest absolute Gasteiger partial charge is 0.217 e. The van der Waals surface area contributed by atoms with E-state index in [0.29, 0.717) is 11.8 Å². The maximum Gasteiger partial charge on any atom is 0.217 e. The van der Waals surface area contributed by atoms with Crippen LogP contribution in [-0.2, 0) is 4.84 Å². The Kier molecular flexibility index (Phi) is 3.69. The molecule has 0 saturated carbocycles. The first-order valence-electron chi connectivity index (χ1n) is 8.30. The molecule has 0 radical (unpaired) electrons. The SMILES string of the molecule is C[C@H]1CCN[C@]1(C)C1NC(c2ccc(-c3ccccn3)cn2)=NO1. The van der Waals surface area contributed by atoms with Gasteiger partial charge < -0.3 is 15.5 Å². The molecule has 1 saturated heterocycles. The van der Waals surface area contributed by atoms with Gasteiger partial charge in [-0.1, -0.05) is 18.1 Å². The zero-order valence-corrected chi connectivity index (χ0v) is 13.9. The number of rotatable bonds is 3. The third-order valence-corrected chi connectivity index (χ3v) is 5.14. The molecule has 0 aromatic carbocycles. The summed E-state index contributed by atoms with van der Waals surface area (Å²) < 4.78 is 0. The van der Waals surface area contributed by atoms with E-state index in [1.807, 2.05) is 36.5 Å². The van der Waals surface area contributed by atoms with Crippen molar-refractivity contribution in [3.63, 3.8) is 0 Å². The molecule has 1 fully saturated rings. The zero-order chi connectivity index (χ0) is 16.6. The van der Waals surface area contributed by atoms with Crippen molar-refractivity contribution in [3.05, 3.63) is 48.4 Å². The Hall–Kier alpha value is -2.47. The number of oxime groups is 1. The van der Waals surface area contributed by atoms with Crippen molar-refractivity contribution >= 4 is 5.84 Å². The van der Waals surface area contributed by atoms with Crippen molar-refractivity contribution in [2.75, 3.05) is 6.54 Å². The molecule has 2 aliphatic heterocycles. The first kappa shape index (κ1) is 15.1. The van der Waals surface area contributed by atoms with Gasteiger partial charge in [-0.05, 0) is 50.1 Å². The number of nitrogens with zero attached hydrogens (tertiary/aromatic N) is 3. The highest BCUT2D eigenvalue weighted by atomic mass is 16.7. The molecule has 4 rings (SSSR count). The van der Waals surface area contributed by atoms with Gasteiger partial charge in [0.2, 0.25) is 6.23 Å². The minimum atomic E-state index is -0.178. The third-order valence-electron chi connectivity index (χ3n) is 5.14. The number of nitrogens with one attached hydrogen (secondary N) is 2. The molecule has 0 bridgehead atoms. The Morgan fingerprint density at radius 3 is 2.75 bits per heavy atom. The van der Waals surface area contributed by atoms with E-state index in [-0.39, 0.29) is 11.8 Å². The summed E-state index contributed by atoms with van der Waals surface area (Å²) in [5, 5.41) is 11.1. The summed E-state index contributed by atoms with van der Waals surface area (Å²) in [4.78, 5) is 14.5. The van der Waals surface area contributed by atoms with Gasteiger partial charge in [-0.3, -0.25) is 9.97 Å². The highest BCUT2D eigenvalue weighted by molar-refractivity contribution is 5.97. The van der Waals surface area contributed by atoms with E-state index in [1.54, 1.807) is 6.20 Å². The number of amidine groups is 1. The van der Waals surface area contributed by atoms with E-state index in [0.717, 1.165) is 29.9 Å². The van der Waals surface area contributed by atoms with E-state index in [2.05, 4.69) is 39.6 Å². The summed E-state index contributed by atoms with van der Waals surface area (Å²) >= 11 is 0. The Balaban J connectivity index is 1.49. The van der Waals surface area contributed by atoms with Gasteiger partial charge >= 0.3 is 0 Å². The monoisotopic (exact) mass is 323 g/mol. The molecule has 24 heavy (non-hydrogen) atoms. The topological polar surface area (TPSA) is 71.4 Å². The third kappa shape index (κ3) is 2.53. The second-order valence-electron chi connectivity index (χ2n) is 6.62. The fourth-order valence-electron chi connectivity index (χ4n) is 3.26. The zero-order valence-electron chi connectivity index (χ0n) is 13.9. The molecule has 0 spiro atoms. The number of aromatic nitrogens is 2. The average Bonchev–Trinajstić information content (AvgIpc) is 3.25. The predicted octanol–water partition coefficient (Wildman–Crippen LogP) is 2.14. The summed E-state index contributed by atoms with van der Waals surface area (Å²) in [5.41, 5.74) is 2.53. The summed E-state index contributed by atoms with van der Waals surface area (Å²) in [6.07, 6.45) is 4.56. The van der Waals surface area contributed by atoms with Gasteiger partial charge in [-0.25, -0.2) is 0 Å². The maximum atomic E-state index is 5.65. The number of hydrogen-bond acceptors (Lipinski definition) is 6. The van der Waals surface area contributed by atoms with Crippen molar-refractivity contribution in [1.82, 2.24) is 20.6 Å². The van der Waals surface area contributed by atoms with Crippen LogP contribution in [0.25, 0.3) is 11.3 Å². The van der Waals surface area contributed by atoms with Crippen molar-refractivity contribution in [3.8, 4) is 11.3 Å². The molecular weight excluding hydrogens is 302 g/mol. The van der Waals surface area contributed by atoms with Crippen LogP contribution in [0, 0.1) is 5.92 Å². The molecule has 6 heteroatoms. The van der Waals surface area contributed by atoms with Crippen molar-refractivity contribution < 1.29 is 4.84 Å². The molecule has 3 atom stereocenters. The summed E-state index contributed by atoms with van der Waals surface area (Å²) in [6.45, 7) is 5.42. The van der Waals surface area contributed by atoms with Crippen LogP contribution in [0.2, 0.25) is 0 Å². The molecule has 6 nitrogen and oxygen atoms in total. The van der Waals surface area contributed by atoms with Gasteiger partial charge in [0.1, 0.15) is 5.69 Å². The van der Waals surface area contributed by atoms with E-state index < -0.39 is 0 Å². The second-order valence-corrected chi connectivity index (χ2v) is 6.62. The lowest BCUT2D eigenvalue weighted by Gasteiger charge is -2.33. The number of pyridine rings is 2. The summed E-state index contributed by atoms with van der Waals surface area (Å²) in [7, 11) is 0. The maximum absolute atomic E-state index is 5.65. The van der Waals surface area contributed by atoms with Crippen LogP contribution in [0.5, 0.6) is 0 Å². The van der Waals surface area contributed by atoms with Crippen molar-refractivity contribution in [1.29, 1.82) is 0 Å². The van der Waals surface area contributed by atoms with E-state index in [9.17, 15) is 0 Å². The van der Waals surface area contributed by atoms with Crippen molar-refractivity contribution in [2.45, 2.75) is 32.0 Å². The summed E-state index contributed by atoms with van der Waals surface area (Å²) in [5.74, 6) is 1.19. The average molecular weight is 323 g/mol. The summed E-state index contributed by atoms with van der Waals surface area (Å²) in [6, 6.07) is 9.78. The molecule has 1 unspecified atom stereocenters. The van der Waals surface area contributed by atoms with Gasteiger partial charge in [-0.2, -0.15) is 0 Å². The molecule has 4 heterocycles. The second kappa shape index (κ2) is 5.87. The Morgan fingerprint density at radius 1 is 1.17 bits per heavy atom. The van der Waals surface area contributed by atoms with Crippen LogP contribution < -0.4 is 10.6 Å². The highest BCUT2D eigenvalue weighted by Gasteiger charge is 2.46. The van der Waals surface area contributed by atoms with E-state index in [4.69, 9.17) is 4.84 Å². The largest absolute Gasteiger partial charge is 0.367 e. The van der Waals surface area contributed by atoms with Crippen LogP contribution in [0.15, 0.2) is 47.9 Å². The fourth-order valence-corrected chi connectivity index (χ4v) is 3.26. The quantitative estimate of drug-likeness (QED) is 0.905.